The monoisotopic (exact) mass is 380 g/mol. The Hall–Kier alpha value is -1.35. The summed E-state index contributed by atoms with van der Waals surface area (Å²) < 4.78 is 5.76. The van der Waals surface area contributed by atoms with Crippen LogP contribution in [0.2, 0.25) is 0 Å². The number of hydrogen-bond acceptors (Lipinski definition) is 7. The minimum atomic E-state index is -0.121. The lowest BCUT2D eigenvalue weighted by molar-refractivity contribution is -0.0707. The zero-order chi connectivity index (χ0) is 18.0. The zero-order valence-corrected chi connectivity index (χ0v) is 16.7. The Bertz CT molecular complexity index is 733. The Labute approximate surface area is 156 Å². The summed E-state index contributed by atoms with van der Waals surface area (Å²) >= 11 is 2.92. The van der Waals surface area contributed by atoms with Gasteiger partial charge in [-0.15, -0.1) is 22.7 Å². The molecule has 0 aromatic carbocycles. The maximum atomic E-state index is 12.4. The van der Waals surface area contributed by atoms with Crippen LogP contribution in [0.3, 0.4) is 0 Å². The Kier molecular flexibility index (Phi) is 5.83. The number of carbonyl (C=O) groups is 1. The van der Waals surface area contributed by atoms with E-state index in [0.29, 0.717) is 10.0 Å². The number of anilines is 1. The van der Waals surface area contributed by atoms with E-state index in [0.717, 1.165) is 42.5 Å². The Morgan fingerprint density at radius 3 is 2.72 bits per heavy atom. The fourth-order valence-electron chi connectivity index (χ4n) is 3.05. The van der Waals surface area contributed by atoms with Crippen LogP contribution in [0, 0.1) is 6.92 Å². The van der Waals surface area contributed by atoms with Crippen molar-refractivity contribution >= 4 is 33.7 Å². The van der Waals surface area contributed by atoms with Crippen LogP contribution in [0.25, 0.3) is 0 Å². The molecule has 1 amide bonds. The van der Waals surface area contributed by atoms with E-state index in [1.807, 2.05) is 19.2 Å². The van der Waals surface area contributed by atoms with Crippen LogP contribution >= 0.6 is 22.7 Å². The van der Waals surface area contributed by atoms with E-state index in [4.69, 9.17) is 4.74 Å². The molecule has 1 fully saturated rings. The molecule has 1 aliphatic heterocycles. The highest BCUT2D eigenvalue weighted by Crippen LogP contribution is 2.23. The molecule has 1 aliphatic rings. The van der Waals surface area contributed by atoms with E-state index in [1.165, 1.54) is 22.7 Å². The van der Waals surface area contributed by atoms with Gasteiger partial charge in [-0.3, -0.25) is 15.0 Å². The third-order valence-electron chi connectivity index (χ3n) is 4.00. The second kappa shape index (κ2) is 7.90. The van der Waals surface area contributed by atoms with Gasteiger partial charge in [0.1, 0.15) is 4.88 Å². The Morgan fingerprint density at radius 2 is 2.08 bits per heavy atom. The van der Waals surface area contributed by atoms with Gasteiger partial charge >= 0.3 is 0 Å². The van der Waals surface area contributed by atoms with Crippen molar-refractivity contribution in [3.8, 4) is 0 Å². The molecule has 2 atom stereocenters. The number of rotatable bonds is 5. The molecule has 0 saturated carbocycles. The predicted molar refractivity (Wildman–Crippen MR) is 102 cm³/mol. The first-order valence-electron chi connectivity index (χ1n) is 8.54. The molecular weight excluding hydrogens is 356 g/mol. The summed E-state index contributed by atoms with van der Waals surface area (Å²) in [6.45, 7) is 10.7. The molecule has 3 heterocycles. The van der Waals surface area contributed by atoms with Crippen molar-refractivity contribution in [3.63, 3.8) is 0 Å². The van der Waals surface area contributed by atoms with Crippen molar-refractivity contribution in [1.29, 1.82) is 0 Å². The lowest BCUT2D eigenvalue weighted by Gasteiger charge is -2.34. The molecule has 2 aromatic heterocycles. The van der Waals surface area contributed by atoms with Crippen LogP contribution in [-0.2, 0) is 17.7 Å². The molecule has 2 aromatic rings. The average Bonchev–Trinajstić information content (AvgIpc) is 3.12. The summed E-state index contributed by atoms with van der Waals surface area (Å²) in [5.41, 5.74) is 1.77. The van der Waals surface area contributed by atoms with Crippen molar-refractivity contribution in [2.75, 3.05) is 18.4 Å². The van der Waals surface area contributed by atoms with E-state index < -0.39 is 0 Å². The Balaban J connectivity index is 1.61. The van der Waals surface area contributed by atoms with Gasteiger partial charge in [0.25, 0.3) is 5.91 Å². The molecule has 1 saturated heterocycles. The molecule has 6 nitrogen and oxygen atoms in total. The average molecular weight is 381 g/mol. The second-order valence-electron chi connectivity index (χ2n) is 6.43. The number of hydrogen-bond donors (Lipinski definition) is 1. The molecule has 1 N–H and O–H groups in total. The molecule has 0 radical (unpaired) electrons. The number of carbonyl (C=O) groups excluding carboxylic acids is 1. The number of morpholine rings is 1. The van der Waals surface area contributed by atoms with Gasteiger partial charge in [0.15, 0.2) is 5.13 Å². The largest absolute Gasteiger partial charge is 0.373 e. The van der Waals surface area contributed by atoms with Gasteiger partial charge in [-0.2, -0.15) is 0 Å². The number of nitrogens with one attached hydrogen (secondary N) is 1. The van der Waals surface area contributed by atoms with Crippen molar-refractivity contribution in [2.24, 2.45) is 0 Å². The molecule has 25 heavy (non-hydrogen) atoms. The highest BCUT2D eigenvalue weighted by Gasteiger charge is 2.23. The minimum absolute atomic E-state index is 0.121. The van der Waals surface area contributed by atoms with Gasteiger partial charge in [-0.25, -0.2) is 9.97 Å². The fourth-order valence-corrected chi connectivity index (χ4v) is 4.64. The molecule has 0 spiro atoms. The van der Waals surface area contributed by atoms with E-state index >= 15 is 0 Å². The summed E-state index contributed by atoms with van der Waals surface area (Å²) in [6, 6.07) is 0. The first kappa shape index (κ1) is 18.4. The first-order chi connectivity index (χ1) is 11.9. The third-order valence-corrected chi connectivity index (χ3v) is 6.11. The highest BCUT2D eigenvalue weighted by molar-refractivity contribution is 7.15. The smallest absolute Gasteiger partial charge is 0.269 e. The summed E-state index contributed by atoms with van der Waals surface area (Å²) in [5, 5.41) is 6.54. The van der Waals surface area contributed by atoms with Crippen molar-refractivity contribution in [2.45, 2.75) is 52.9 Å². The SMILES string of the molecule is CCc1nc(C)c(C(=O)Nc2nc(CN3CC(C)OC(C)C3)cs2)s1. The summed E-state index contributed by atoms with van der Waals surface area (Å²) in [6.07, 6.45) is 1.32. The van der Waals surface area contributed by atoms with Crippen molar-refractivity contribution in [3.05, 3.63) is 26.7 Å². The lowest BCUT2D eigenvalue weighted by Crippen LogP contribution is -2.44. The minimum Gasteiger partial charge on any atom is -0.373 e. The van der Waals surface area contributed by atoms with Gasteiger partial charge < -0.3 is 4.74 Å². The van der Waals surface area contributed by atoms with Gasteiger partial charge in [0.05, 0.1) is 28.6 Å². The zero-order valence-electron chi connectivity index (χ0n) is 15.0. The number of thiazole rings is 2. The maximum Gasteiger partial charge on any atom is 0.269 e. The molecule has 8 heteroatoms. The molecular formula is C17H24N4O2S2. The first-order valence-corrected chi connectivity index (χ1v) is 10.2. The quantitative estimate of drug-likeness (QED) is 0.862. The standard InChI is InChI=1S/C17H24N4O2S2/c1-5-14-18-12(4)15(25-14)16(22)20-17-19-13(9-24-17)8-21-6-10(2)23-11(3)7-21/h9-11H,5-8H2,1-4H3,(H,19,20,22). The number of amides is 1. The van der Waals surface area contributed by atoms with Crippen molar-refractivity contribution < 1.29 is 9.53 Å². The van der Waals surface area contributed by atoms with E-state index in [-0.39, 0.29) is 18.1 Å². The fraction of sp³-hybridized carbons (Fsp3) is 0.588. The molecule has 0 bridgehead atoms. The molecule has 136 valence electrons. The molecule has 0 aliphatic carbocycles. The normalized spacial score (nSPS) is 21.4. The summed E-state index contributed by atoms with van der Waals surface area (Å²) in [4.78, 5) is 24.4. The number of aromatic nitrogens is 2. The Morgan fingerprint density at radius 1 is 1.36 bits per heavy atom. The van der Waals surface area contributed by atoms with Crippen LogP contribution < -0.4 is 5.32 Å². The van der Waals surface area contributed by atoms with E-state index in [2.05, 4.69) is 34.0 Å². The van der Waals surface area contributed by atoms with Crippen LogP contribution in [0.1, 0.15) is 46.8 Å². The van der Waals surface area contributed by atoms with E-state index in [9.17, 15) is 4.79 Å². The van der Waals surface area contributed by atoms with Gasteiger partial charge in [0.2, 0.25) is 0 Å². The van der Waals surface area contributed by atoms with Crippen molar-refractivity contribution in [1.82, 2.24) is 14.9 Å². The summed E-state index contributed by atoms with van der Waals surface area (Å²) in [7, 11) is 0. The van der Waals surface area contributed by atoms with Crippen LogP contribution in [0.15, 0.2) is 5.38 Å². The van der Waals surface area contributed by atoms with Crippen LogP contribution in [0.4, 0.5) is 5.13 Å². The lowest BCUT2D eigenvalue weighted by atomic mass is 10.2. The van der Waals surface area contributed by atoms with Gasteiger partial charge in [-0.05, 0) is 27.2 Å². The van der Waals surface area contributed by atoms with Crippen LogP contribution in [0.5, 0.6) is 0 Å². The molecule has 3 rings (SSSR count). The topological polar surface area (TPSA) is 67.4 Å². The van der Waals surface area contributed by atoms with Crippen LogP contribution in [-0.4, -0.2) is 46.1 Å². The van der Waals surface area contributed by atoms with Gasteiger partial charge in [0, 0.05) is 25.0 Å². The summed E-state index contributed by atoms with van der Waals surface area (Å²) in [5.74, 6) is -0.121. The van der Waals surface area contributed by atoms with Gasteiger partial charge in [-0.1, -0.05) is 6.92 Å². The third kappa shape index (κ3) is 4.63. The highest BCUT2D eigenvalue weighted by atomic mass is 32.1. The number of nitrogens with zero attached hydrogens (tertiary/aromatic N) is 3. The maximum absolute atomic E-state index is 12.4. The number of aryl methyl sites for hydroxylation is 2. The second-order valence-corrected chi connectivity index (χ2v) is 8.37. The predicted octanol–water partition coefficient (Wildman–Crippen LogP) is 3.33. The molecule has 2 unspecified atom stereocenters. The number of ether oxygens (including phenoxy) is 1. The van der Waals surface area contributed by atoms with E-state index in [1.54, 1.807) is 0 Å².